The van der Waals surface area contributed by atoms with Gasteiger partial charge in [-0.25, -0.2) is 0 Å². The van der Waals surface area contributed by atoms with Crippen LogP contribution in [0.15, 0.2) is 35.5 Å². The van der Waals surface area contributed by atoms with Gasteiger partial charge in [0.05, 0.1) is 0 Å². The smallest absolute Gasteiger partial charge is 0.303 e. The van der Waals surface area contributed by atoms with Crippen molar-refractivity contribution in [3.63, 3.8) is 0 Å². The highest BCUT2D eigenvalue weighted by Crippen LogP contribution is 2.61. The molecule has 0 saturated heterocycles. The Morgan fingerprint density at radius 1 is 1.11 bits per heavy atom. The second-order valence-electron chi connectivity index (χ2n) is 8.58. The number of carbonyl (C=O) groups excluding carboxylic acids is 3. The number of fused-ring (bicyclic) bond motifs is 1. The second-order valence-corrected chi connectivity index (χ2v) is 8.58. The molecular weight excluding hydrogens is 356 g/mol. The first-order valence-corrected chi connectivity index (χ1v) is 9.92. The van der Waals surface area contributed by atoms with Crippen LogP contribution in [0.25, 0.3) is 0 Å². The third-order valence-corrected chi connectivity index (χ3v) is 5.94. The van der Waals surface area contributed by atoms with Crippen LogP contribution in [0.3, 0.4) is 0 Å². The molecule has 0 spiro atoms. The van der Waals surface area contributed by atoms with Crippen molar-refractivity contribution in [2.45, 2.75) is 73.0 Å². The topological polar surface area (TPSA) is 69.7 Å². The van der Waals surface area contributed by atoms with Gasteiger partial charge < -0.3 is 9.47 Å². The molecule has 1 saturated carbocycles. The predicted molar refractivity (Wildman–Crippen MR) is 107 cm³/mol. The lowest BCUT2D eigenvalue weighted by Gasteiger charge is -2.19. The molecule has 0 N–H and O–H groups in total. The van der Waals surface area contributed by atoms with Gasteiger partial charge in [0.2, 0.25) is 0 Å². The number of hydrogen-bond donors (Lipinski definition) is 0. The fourth-order valence-electron chi connectivity index (χ4n) is 4.03. The first-order valence-electron chi connectivity index (χ1n) is 9.92. The Morgan fingerprint density at radius 3 is 2.36 bits per heavy atom. The fourth-order valence-corrected chi connectivity index (χ4v) is 4.03. The van der Waals surface area contributed by atoms with Crippen molar-refractivity contribution < 1.29 is 23.9 Å². The van der Waals surface area contributed by atoms with Gasteiger partial charge in [-0.1, -0.05) is 31.6 Å². The number of ketones is 1. The van der Waals surface area contributed by atoms with Crippen LogP contribution in [0.1, 0.15) is 60.8 Å². The molecule has 1 fully saturated rings. The van der Waals surface area contributed by atoms with Crippen molar-refractivity contribution in [3.05, 3.63) is 35.5 Å². The average molecular weight is 389 g/mol. The fraction of sp³-hybridized carbons (Fsp3) is 0.609. The summed E-state index contributed by atoms with van der Waals surface area (Å²) in [5, 5.41) is 0. The highest BCUT2D eigenvalue weighted by molar-refractivity contribution is 5.96. The van der Waals surface area contributed by atoms with Gasteiger partial charge in [0.1, 0.15) is 6.10 Å². The minimum absolute atomic E-state index is 0.167. The Kier molecular flexibility index (Phi) is 7.02. The first-order chi connectivity index (χ1) is 13.0. The minimum Gasteiger partial charge on any atom is -0.458 e. The van der Waals surface area contributed by atoms with Gasteiger partial charge in [0.15, 0.2) is 11.9 Å². The van der Waals surface area contributed by atoms with Crippen LogP contribution >= 0.6 is 0 Å². The minimum atomic E-state index is -1.01. The molecule has 4 atom stereocenters. The van der Waals surface area contributed by atoms with Gasteiger partial charge in [-0.15, -0.1) is 0 Å². The molecule has 0 aliphatic heterocycles. The zero-order valence-corrected chi connectivity index (χ0v) is 17.8. The maximum Gasteiger partial charge on any atom is 0.303 e. The average Bonchev–Trinajstić information content (AvgIpc) is 3.11. The van der Waals surface area contributed by atoms with Crippen LogP contribution in [0.5, 0.6) is 0 Å². The Balaban J connectivity index is 2.37. The van der Waals surface area contributed by atoms with Crippen LogP contribution in [0.2, 0.25) is 0 Å². The van der Waals surface area contributed by atoms with Crippen LogP contribution in [0.4, 0.5) is 0 Å². The number of carbonyl (C=O) groups is 3. The van der Waals surface area contributed by atoms with Gasteiger partial charge in [-0.3, -0.25) is 14.4 Å². The van der Waals surface area contributed by atoms with Crippen molar-refractivity contribution >= 4 is 17.7 Å². The molecule has 0 aromatic rings. The van der Waals surface area contributed by atoms with Gasteiger partial charge >= 0.3 is 11.9 Å². The Hall–Kier alpha value is -2.17. The van der Waals surface area contributed by atoms with Gasteiger partial charge in [-0.05, 0) is 61.7 Å². The normalized spacial score (nSPS) is 35.1. The molecule has 154 valence electrons. The summed E-state index contributed by atoms with van der Waals surface area (Å²) >= 11 is 0. The van der Waals surface area contributed by atoms with Crippen LogP contribution in [0, 0.1) is 17.3 Å². The molecule has 4 unspecified atom stereocenters. The summed E-state index contributed by atoms with van der Waals surface area (Å²) in [4.78, 5) is 35.7. The maximum atomic E-state index is 12.7. The lowest BCUT2D eigenvalue weighted by atomic mass is 10.00. The summed E-state index contributed by atoms with van der Waals surface area (Å²) < 4.78 is 10.7. The van der Waals surface area contributed by atoms with Crippen LogP contribution in [-0.2, 0) is 23.9 Å². The number of esters is 2. The van der Waals surface area contributed by atoms with E-state index in [0.29, 0.717) is 23.8 Å². The van der Waals surface area contributed by atoms with Crippen molar-refractivity contribution in [2.75, 3.05) is 0 Å². The van der Waals surface area contributed by atoms with Crippen molar-refractivity contribution in [1.29, 1.82) is 0 Å². The van der Waals surface area contributed by atoms with Gasteiger partial charge in [-0.2, -0.15) is 0 Å². The summed E-state index contributed by atoms with van der Waals surface area (Å²) in [5.41, 5.74) is 2.12. The van der Waals surface area contributed by atoms with E-state index in [1.165, 1.54) is 19.4 Å². The molecule has 2 aliphatic carbocycles. The van der Waals surface area contributed by atoms with E-state index in [4.69, 9.17) is 9.47 Å². The first kappa shape index (κ1) is 22.1. The van der Waals surface area contributed by atoms with E-state index in [-0.39, 0.29) is 17.2 Å². The summed E-state index contributed by atoms with van der Waals surface area (Å²) in [6, 6.07) is 0. The van der Waals surface area contributed by atoms with Gasteiger partial charge in [0, 0.05) is 20.3 Å². The standard InChI is InChI=1S/C23H32O5/c1-14-7-9-18-19(23(18,5)6)10-11-20(26)22(28-17(4)25)13-15(2)21(12-8-14)27-16(3)24/h8,10-11,13,18-19,21-22H,7,9,12H2,1-6H3/b11-10+,14-8+,15-13+. The molecular formula is C23H32O5. The molecule has 0 aromatic carbocycles. The van der Waals surface area contributed by atoms with E-state index in [1.807, 2.05) is 6.08 Å². The van der Waals surface area contributed by atoms with Crippen LogP contribution in [-0.4, -0.2) is 29.9 Å². The lowest BCUT2D eigenvalue weighted by molar-refractivity contribution is -0.149. The summed E-state index contributed by atoms with van der Waals surface area (Å²) in [5.74, 6) is -0.314. The third kappa shape index (κ3) is 5.66. The van der Waals surface area contributed by atoms with E-state index >= 15 is 0 Å². The van der Waals surface area contributed by atoms with E-state index < -0.39 is 18.2 Å². The number of allylic oxidation sites excluding steroid dienone is 2. The number of rotatable bonds is 2. The largest absolute Gasteiger partial charge is 0.458 e. The molecule has 0 bridgehead atoms. The highest BCUT2D eigenvalue weighted by Gasteiger charge is 2.55. The summed E-state index contributed by atoms with van der Waals surface area (Å²) in [7, 11) is 0. The van der Waals surface area contributed by atoms with Crippen LogP contribution < -0.4 is 0 Å². The molecule has 5 nitrogen and oxygen atoms in total. The molecule has 2 rings (SSSR count). The maximum absolute atomic E-state index is 12.7. The van der Waals surface area contributed by atoms with Crippen molar-refractivity contribution in [3.8, 4) is 0 Å². The molecule has 5 heteroatoms. The van der Waals surface area contributed by atoms with Crippen molar-refractivity contribution in [2.24, 2.45) is 17.3 Å². The zero-order valence-electron chi connectivity index (χ0n) is 17.8. The number of ether oxygens (including phenoxy) is 2. The van der Waals surface area contributed by atoms with Crippen molar-refractivity contribution in [1.82, 2.24) is 0 Å². The SMILES string of the molecule is CC(=O)OC1/C=C(\C)C(OC(C)=O)C/C=C(\C)CCC2C(/C=C/C1=O)C2(C)C. The molecule has 0 radical (unpaired) electrons. The molecule has 2 aliphatic rings. The lowest BCUT2D eigenvalue weighted by Crippen LogP contribution is -2.25. The molecule has 28 heavy (non-hydrogen) atoms. The monoisotopic (exact) mass is 388 g/mol. The Labute approximate surface area is 167 Å². The second kappa shape index (κ2) is 8.89. The molecule has 0 heterocycles. The third-order valence-electron chi connectivity index (χ3n) is 5.94. The quantitative estimate of drug-likeness (QED) is 0.520. The van der Waals surface area contributed by atoms with E-state index in [1.54, 1.807) is 19.1 Å². The Bertz CT molecular complexity index is 725. The van der Waals surface area contributed by atoms with Gasteiger partial charge in [0.25, 0.3) is 0 Å². The summed E-state index contributed by atoms with van der Waals surface area (Å²) in [6.45, 7) is 11.0. The summed E-state index contributed by atoms with van der Waals surface area (Å²) in [6.07, 6.45) is 8.25. The number of hydrogen-bond acceptors (Lipinski definition) is 5. The molecule has 0 aromatic heterocycles. The predicted octanol–water partition coefficient (Wildman–Crippen LogP) is 4.32. The highest BCUT2D eigenvalue weighted by atomic mass is 16.5. The molecule has 0 amide bonds. The van der Waals surface area contributed by atoms with E-state index in [0.717, 1.165) is 12.8 Å². The van der Waals surface area contributed by atoms with E-state index in [2.05, 4.69) is 26.8 Å². The zero-order chi connectivity index (χ0) is 21.1. The van der Waals surface area contributed by atoms with E-state index in [9.17, 15) is 14.4 Å². The Morgan fingerprint density at radius 2 is 1.75 bits per heavy atom.